The smallest absolute Gasteiger partial charge is 0.123 e. The summed E-state index contributed by atoms with van der Waals surface area (Å²) in [6.45, 7) is 2.71. The molecule has 0 amide bonds. The zero-order valence-corrected chi connectivity index (χ0v) is 10.2. The highest BCUT2D eigenvalue weighted by molar-refractivity contribution is 5.18. The summed E-state index contributed by atoms with van der Waals surface area (Å²) in [4.78, 5) is 0. The summed E-state index contributed by atoms with van der Waals surface area (Å²) >= 11 is 0. The second kappa shape index (κ2) is 5.61. The van der Waals surface area contributed by atoms with Crippen LogP contribution in [-0.4, -0.2) is 17.7 Å². The third kappa shape index (κ3) is 3.51. The first-order chi connectivity index (χ1) is 8.20. The monoisotopic (exact) mass is 237 g/mol. The maximum Gasteiger partial charge on any atom is 0.123 e. The van der Waals surface area contributed by atoms with E-state index in [2.05, 4.69) is 12.2 Å². The van der Waals surface area contributed by atoms with E-state index in [1.807, 2.05) is 0 Å². The second-order valence-corrected chi connectivity index (χ2v) is 4.83. The molecule has 1 aliphatic carbocycles. The lowest BCUT2D eigenvalue weighted by Crippen LogP contribution is -2.33. The quantitative estimate of drug-likeness (QED) is 0.797. The zero-order valence-electron chi connectivity index (χ0n) is 10.2. The highest BCUT2D eigenvalue weighted by Crippen LogP contribution is 2.34. The minimum absolute atomic E-state index is 0.265. The predicted molar refractivity (Wildman–Crippen MR) is 66.2 cm³/mol. The van der Waals surface area contributed by atoms with Crippen LogP contribution in [0.1, 0.15) is 37.9 Å². The van der Waals surface area contributed by atoms with Crippen LogP contribution in [0.25, 0.3) is 0 Å². The van der Waals surface area contributed by atoms with Crippen LogP contribution < -0.4 is 5.32 Å². The molecular formula is C14H20FNO. The van der Waals surface area contributed by atoms with Crippen molar-refractivity contribution >= 4 is 0 Å². The Morgan fingerprint density at radius 2 is 2.00 bits per heavy atom. The van der Waals surface area contributed by atoms with E-state index in [0.717, 1.165) is 17.9 Å². The Kier molecular flexibility index (Phi) is 4.13. The summed E-state index contributed by atoms with van der Waals surface area (Å²) in [5.74, 6) is 0.527. The summed E-state index contributed by atoms with van der Waals surface area (Å²) in [6.07, 6.45) is 3.15. The molecule has 2 atom stereocenters. The fraction of sp³-hybridized carbons (Fsp3) is 0.571. The molecule has 2 rings (SSSR count). The zero-order chi connectivity index (χ0) is 12.3. The lowest BCUT2D eigenvalue weighted by atomic mass is 10.1. The molecule has 0 spiro atoms. The molecule has 2 unspecified atom stereocenters. The van der Waals surface area contributed by atoms with Gasteiger partial charge in [-0.25, -0.2) is 4.39 Å². The van der Waals surface area contributed by atoms with Gasteiger partial charge in [0.2, 0.25) is 0 Å². The van der Waals surface area contributed by atoms with Gasteiger partial charge in [0, 0.05) is 12.6 Å². The van der Waals surface area contributed by atoms with E-state index in [1.54, 1.807) is 12.1 Å². The van der Waals surface area contributed by atoms with Crippen molar-refractivity contribution in [1.29, 1.82) is 0 Å². The van der Waals surface area contributed by atoms with E-state index in [9.17, 15) is 9.50 Å². The van der Waals surface area contributed by atoms with E-state index in [-0.39, 0.29) is 5.82 Å². The largest absolute Gasteiger partial charge is 0.387 e. The SMILES string of the molecule is CCC(NCC(O)c1ccc(F)cc1)C1CC1. The third-order valence-corrected chi connectivity index (χ3v) is 3.46. The minimum Gasteiger partial charge on any atom is -0.387 e. The third-order valence-electron chi connectivity index (χ3n) is 3.46. The van der Waals surface area contributed by atoms with Crippen LogP contribution in [0, 0.1) is 11.7 Å². The van der Waals surface area contributed by atoms with Gasteiger partial charge in [0.15, 0.2) is 0 Å². The van der Waals surface area contributed by atoms with Crippen LogP contribution in [0.3, 0.4) is 0 Å². The Morgan fingerprint density at radius 3 is 2.53 bits per heavy atom. The van der Waals surface area contributed by atoms with Crippen molar-refractivity contribution in [3.63, 3.8) is 0 Å². The number of hydrogen-bond donors (Lipinski definition) is 2. The number of halogens is 1. The first-order valence-electron chi connectivity index (χ1n) is 6.37. The predicted octanol–water partition coefficient (Wildman–Crippen LogP) is 2.64. The van der Waals surface area contributed by atoms with Gasteiger partial charge in [-0.1, -0.05) is 19.1 Å². The van der Waals surface area contributed by atoms with Gasteiger partial charge >= 0.3 is 0 Å². The Bertz CT molecular complexity index is 348. The maximum absolute atomic E-state index is 12.7. The Morgan fingerprint density at radius 1 is 1.35 bits per heavy atom. The van der Waals surface area contributed by atoms with Crippen molar-refractivity contribution in [1.82, 2.24) is 5.32 Å². The van der Waals surface area contributed by atoms with Gasteiger partial charge in [-0.3, -0.25) is 0 Å². The average Bonchev–Trinajstić information content (AvgIpc) is 3.15. The van der Waals surface area contributed by atoms with Crippen LogP contribution in [0.5, 0.6) is 0 Å². The molecule has 0 aromatic heterocycles. The standard InChI is InChI=1S/C14H20FNO/c1-2-13(10-3-4-10)16-9-14(17)11-5-7-12(15)8-6-11/h5-8,10,13-14,16-17H,2-4,9H2,1H3. The number of hydrogen-bond acceptors (Lipinski definition) is 2. The van der Waals surface area contributed by atoms with Gasteiger partial charge in [0.25, 0.3) is 0 Å². The summed E-state index contributed by atoms with van der Waals surface area (Å²) in [6, 6.07) is 6.57. The van der Waals surface area contributed by atoms with Crippen molar-refractivity contribution in [3.8, 4) is 0 Å². The molecule has 17 heavy (non-hydrogen) atoms. The fourth-order valence-electron chi connectivity index (χ4n) is 2.21. The molecule has 1 aliphatic rings. The highest BCUT2D eigenvalue weighted by Gasteiger charge is 2.29. The average molecular weight is 237 g/mol. The summed E-state index contributed by atoms with van der Waals surface area (Å²) in [7, 11) is 0. The Hall–Kier alpha value is -0.930. The minimum atomic E-state index is -0.552. The number of rotatable bonds is 6. The maximum atomic E-state index is 12.7. The highest BCUT2D eigenvalue weighted by atomic mass is 19.1. The molecule has 1 aromatic rings. The van der Waals surface area contributed by atoms with Crippen molar-refractivity contribution < 1.29 is 9.50 Å². The van der Waals surface area contributed by atoms with Gasteiger partial charge in [-0.05, 0) is 42.9 Å². The van der Waals surface area contributed by atoms with Crippen LogP contribution in [0.2, 0.25) is 0 Å². The van der Waals surface area contributed by atoms with E-state index in [1.165, 1.54) is 25.0 Å². The molecule has 0 saturated heterocycles. The van der Waals surface area contributed by atoms with Gasteiger partial charge in [0.1, 0.15) is 5.82 Å². The van der Waals surface area contributed by atoms with E-state index < -0.39 is 6.10 Å². The first-order valence-corrected chi connectivity index (χ1v) is 6.37. The number of benzene rings is 1. The summed E-state index contributed by atoms with van der Waals surface area (Å²) in [5, 5.41) is 13.4. The molecule has 1 saturated carbocycles. The molecule has 1 fully saturated rings. The Balaban J connectivity index is 1.83. The fourth-order valence-corrected chi connectivity index (χ4v) is 2.21. The van der Waals surface area contributed by atoms with Crippen molar-refractivity contribution in [2.24, 2.45) is 5.92 Å². The Labute approximate surface area is 102 Å². The molecule has 0 aliphatic heterocycles. The summed E-state index contributed by atoms with van der Waals surface area (Å²) < 4.78 is 12.7. The molecule has 0 bridgehead atoms. The van der Waals surface area contributed by atoms with Crippen LogP contribution in [0.4, 0.5) is 4.39 Å². The first kappa shape index (κ1) is 12.5. The van der Waals surface area contributed by atoms with Crippen molar-refractivity contribution in [2.75, 3.05) is 6.54 Å². The molecule has 3 heteroatoms. The molecule has 0 heterocycles. The second-order valence-electron chi connectivity index (χ2n) is 4.83. The lowest BCUT2D eigenvalue weighted by molar-refractivity contribution is 0.167. The topological polar surface area (TPSA) is 32.3 Å². The number of nitrogens with one attached hydrogen (secondary N) is 1. The van der Waals surface area contributed by atoms with Gasteiger partial charge in [-0.2, -0.15) is 0 Å². The van der Waals surface area contributed by atoms with E-state index >= 15 is 0 Å². The lowest BCUT2D eigenvalue weighted by Gasteiger charge is -2.19. The van der Waals surface area contributed by atoms with Crippen molar-refractivity contribution in [2.45, 2.75) is 38.3 Å². The molecule has 2 N–H and O–H groups in total. The normalized spacial score (nSPS) is 19.0. The number of aliphatic hydroxyl groups is 1. The van der Waals surface area contributed by atoms with E-state index in [4.69, 9.17) is 0 Å². The van der Waals surface area contributed by atoms with Crippen LogP contribution >= 0.6 is 0 Å². The molecular weight excluding hydrogens is 217 g/mol. The van der Waals surface area contributed by atoms with Crippen LogP contribution in [-0.2, 0) is 0 Å². The molecule has 2 nitrogen and oxygen atoms in total. The van der Waals surface area contributed by atoms with E-state index in [0.29, 0.717) is 12.6 Å². The number of aliphatic hydroxyl groups excluding tert-OH is 1. The van der Waals surface area contributed by atoms with Crippen molar-refractivity contribution in [3.05, 3.63) is 35.6 Å². The molecule has 1 aromatic carbocycles. The van der Waals surface area contributed by atoms with Crippen LogP contribution in [0.15, 0.2) is 24.3 Å². The van der Waals surface area contributed by atoms with Gasteiger partial charge in [-0.15, -0.1) is 0 Å². The molecule has 0 radical (unpaired) electrons. The summed E-state index contributed by atoms with van der Waals surface area (Å²) in [5.41, 5.74) is 0.768. The van der Waals surface area contributed by atoms with Gasteiger partial charge in [0.05, 0.1) is 6.10 Å². The van der Waals surface area contributed by atoms with Gasteiger partial charge < -0.3 is 10.4 Å². The molecule has 94 valence electrons.